The van der Waals surface area contributed by atoms with Crippen LogP contribution < -0.4 is 10.6 Å². The number of nitrogens with one attached hydrogen (secondary N) is 2. The summed E-state index contributed by atoms with van der Waals surface area (Å²) in [5, 5.41) is 5.66. The summed E-state index contributed by atoms with van der Waals surface area (Å²) in [6, 6.07) is 14.8. The van der Waals surface area contributed by atoms with Crippen molar-refractivity contribution in [3.8, 4) is 0 Å². The predicted molar refractivity (Wildman–Crippen MR) is 107 cm³/mol. The highest BCUT2D eigenvalue weighted by Gasteiger charge is 2.12. The molecule has 0 saturated carbocycles. The molecule has 0 atom stereocenters. The lowest BCUT2D eigenvalue weighted by molar-refractivity contribution is 0.102. The summed E-state index contributed by atoms with van der Waals surface area (Å²) in [7, 11) is 0. The normalized spacial score (nSPS) is 10.3. The number of rotatable bonds is 4. The number of carbonyl (C=O) groups is 2. The van der Waals surface area contributed by atoms with E-state index >= 15 is 0 Å². The first-order chi connectivity index (χ1) is 12.9. The van der Waals surface area contributed by atoms with Crippen LogP contribution in [0.15, 0.2) is 60.9 Å². The van der Waals surface area contributed by atoms with Crippen molar-refractivity contribution in [3.05, 3.63) is 88.7 Å². The van der Waals surface area contributed by atoms with Crippen LogP contribution in [0.4, 0.5) is 11.4 Å². The number of pyridine rings is 1. The van der Waals surface area contributed by atoms with Crippen LogP contribution in [0.3, 0.4) is 0 Å². The Morgan fingerprint density at radius 3 is 1.96 bits per heavy atom. The third-order valence-corrected chi connectivity index (χ3v) is 4.30. The minimum absolute atomic E-state index is 0.309. The second-order valence-corrected chi connectivity index (χ2v) is 6.54. The van der Waals surface area contributed by atoms with Gasteiger partial charge in [0.05, 0.1) is 11.1 Å². The van der Waals surface area contributed by atoms with Gasteiger partial charge in [0.1, 0.15) is 0 Å². The number of anilines is 2. The molecule has 3 aromatic rings. The van der Waals surface area contributed by atoms with Crippen molar-refractivity contribution in [1.82, 2.24) is 4.98 Å². The molecule has 5 heteroatoms. The number of hydrogen-bond donors (Lipinski definition) is 2. The van der Waals surface area contributed by atoms with Crippen LogP contribution in [0, 0.1) is 20.8 Å². The van der Waals surface area contributed by atoms with Gasteiger partial charge in [-0.25, -0.2) is 0 Å². The van der Waals surface area contributed by atoms with Crippen LogP contribution in [0.1, 0.15) is 37.4 Å². The fourth-order valence-electron chi connectivity index (χ4n) is 2.64. The summed E-state index contributed by atoms with van der Waals surface area (Å²) < 4.78 is 0. The molecule has 136 valence electrons. The van der Waals surface area contributed by atoms with E-state index in [2.05, 4.69) is 15.6 Å². The zero-order valence-corrected chi connectivity index (χ0v) is 15.5. The van der Waals surface area contributed by atoms with Crippen molar-refractivity contribution in [2.45, 2.75) is 20.8 Å². The molecule has 0 spiro atoms. The molecule has 1 aromatic heterocycles. The maximum absolute atomic E-state index is 12.5. The van der Waals surface area contributed by atoms with Gasteiger partial charge < -0.3 is 10.6 Å². The minimum Gasteiger partial charge on any atom is -0.322 e. The largest absolute Gasteiger partial charge is 0.322 e. The number of carbonyl (C=O) groups excluding carboxylic acids is 2. The van der Waals surface area contributed by atoms with E-state index in [-0.39, 0.29) is 11.8 Å². The number of nitrogens with zero attached hydrogens (tertiary/aromatic N) is 1. The molecule has 2 amide bonds. The van der Waals surface area contributed by atoms with Gasteiger partial charge in [-0.3, -0.25) is 14.6 Å². The standard InChI is InChI=1S/C22H21N3O2/c1-14-5-4-6-19(9-14)24-21(26)17-11-18(13-23-12-17)22(27)25-20-8-7-15(2)16(3)10-20/h4-13H,1-3H3,(H,24,26)(H,25,27). The molecular formula is C22H21N3O2. The average molecular weight is 359 g/mol. The van der Waals surface area contributed by atoms with E-state index in [9.17, 15) is 9.59 Å². The summed E-state index contributed by atoms with van der Waals surface area (Å²) in [5.74, 6) is -0.620. The van der Waals surface area contributed by atoms with Crippen LogP contribution in [-0.2, 0) is 0 Å². The van der Waals surface area contributed by atoms with Crippen LogP contribution in [0.5, 0.6) is 0 Å². The lowest BCUT2D eigenvalue weighted by Crippen LogP contribution is -2.16. The van der Waals surface area contributed by atoms with Gasteiger partial charge in [0.15, 0.2) is 0 Å². The predicted octanol–water partition coefficient (Wildman–Crippen LogP) is 4.51. The zero-order valence-electron chi connectivity index (χ0n) is 15.5. The highest BCUT2D eigenvalue weighted by molar-refractivity contribution is 6.08. The van der Waals surface area contributed by atoms with E-state index < -0.39 is 0 Å². The Kier molecular flexibility index (Phi) is 5.31. The van der Waals surface area contributed by atoms with Crippen LogP contribution in [0.2, 0.25) is 0 Å². The molecule has 5 nitrogen and oxygen atoms in total. The Morgan fingerprint density at radius 2 is 1.37 bits per heavy atom. The molecular weight excluding hydrogens is 338 g/mol. The van der Waals surface area contributed by atoms with Gasteiger partial charge in [-0.1, -0.05) is 18.2 Å². The quantitative estimate of drug-likeness (QED) is 0.720. The molecule has 1 heterocycles. The minimum atomic E-state index is -0.311. The number of amides is 2. The maximum Gasteiger partial charge on any atom is 0.257 e. The van der Waals surface area contributed by atoms with E-state index in [1.807, 2.05) is 63.2 Å². The van der Waals surface area contributed by atoms with E-state index in [0.717, 1.165) is 16.7 Å². The number of aromatic nitrogens is 1. The zero-order chi connectivity index (χ0) is 19.4. The molecule has 0 aliphatic heterocycles. The van der Waals surface area contributed by atoms with Gasteiger partial charge in [0.25, 0.3) is 11.8 Å². The van der Waals surface area contributed by atoms with Gasteiger partial charge in [-0.05, 0) is 67.8 Å². The van der Waals surface area contributed by atoms with Crippen molar-refractivity contribution in [3.63, 3.8) is 0 Å². The molecule has 0 aliphatic rings. The van der Waals surface area contributed by atoms with E-state index in [1.165, 1.54) is 18.5 Å². The molecule has 2 aromatic carbocycles. The fourth-order valence-corrected chi connectivity index (χ4v) is 2.64. The van der Waals surface area contributed by atoms with Gasteiger partial charge in [-0.2, -0.15) is 0 Å². The van der Waals surface area contributed by atoms with Crippen molar-refractivity contribution in [2.24, 2.45) is 0 Å². The molecule has 0 aliphatic carbocycles. The SMILES string of the molecule is Cc1cccc(NC(=O)c2cncc(C(=O)Nc3ccc(C)c(C)c3)c2)c1. The lowest BCUT2D eigenvalue weighted by atomic mass is 10.1. The molecule has 27 heavy (non-hydrogen) atoms. The highest BCUT2D eigenvalue weighted by Crippen LogP contribution is 2.16. The molecule has 2 N–H and O–H groups in total. The third kappa shape index (κ3) is 4.58. The second kappa shape index (κ2) is 7.83. The highest BCUT2D eigenvalue weighted by atomic mass is 16.2. The van der Waals surface area contributed by atoms with Crippen LogP contribution >= 0.6 is 0 Å². The number of aryl methyl sites for hydroxylation is 3. The Labute approximate surface area is 158 Å². The Morgan fingerprint density at radius 1 is 0.741 bits per heavy atom. The average Bonchev–Trinajstić information content (AvgIpc) is 2.65. The topological polar surface area (TPSA) is 71.1 Å². The smallest absolute Gasteiger partial charge is 0.257 e. The lowest BCUT2D eigenvalue weighted by Gasteiger charge is -2.09. The molecule has 0 fully saturated rings. The van der Waals surface area contributed by atoms with Crippen molar-refractivity contribution in [1.29, 1.82) is 0 Å². The molecule has 0 saturated heterocycles. The summed E-state index contributed by atoms with van der Waals surface area (Å²) in [4.78, 5) is 29.0. The summed E-state index contributed by atoms with van der Waals surface area (Å²) in [6.45, 7) is 5.96. The summed E-state index contributed by atoms with van der Waals surface area (Å²) in [6.07, 6.45) is 2.89. The van der Waals surface area contributed by atoms with E-state index in [0.29, 0.717) is 22.5 Å². The fraction of sp³-hybridized carbons (Fsp3) is 0.136. The maximum atomic E-state index is 12.5. The van der Waals surface area contributed by atoms with Crippen LogP contribution in [-0.4, -0.2) is 16.8 Å². The number of benzene rings is 2. The molecule has 0 radical (unpaired) electrons. The van der Waals surface area contributed by atoms with Crippen molar-refractivity contribution < 1.29 is 9.59 Å². The number of hydrogen-bond acceptors (Lipinski definition) is 3. The Hall–Kier alpha value is -3.47. The first-order valence-corrected chi connectivity index (χ1v) is 8.64. The van der Waals surface area contributed by atoms with Gasteiger partial charge >= 0.3 is 0 Å². The van der Waals surface area contributed by atoms with E-state index in [1.54, 1.807) is 0 Å². The first-order valence-electron chi connectivity index (χ1n) is 8.64. The molecule has 0 bridgehead atoms. The Balaban J connectivity index is 1.75. The Bertz CT molecular complexity index is 1010. The molecule has 3 rings (SSSR count). The summed E-state index contributed by atoms with van der Waals surface area (Å²) in [5.41, 5.74) is 5.35. The van der Waals surface area contributed by atoms with Crippen molar-refractivity contribution >= 4 is 23.2 Å². The molecule has 0 unspecified atom stereocenters. The van der Waals surface area contributed by atoms with Gasteiger partial charge in [0.2, 0.25) is 0 Å². The first kappa shape index (κ1) is 18.3. The summed E-state index contributed by atoms with van der Waals surface area (Å²) >= 11 is 0. The van der Waals surface area contributed by atoms with Crippen LogP contribution in [0.25, 0.3) is 0 Å². The van der Waals surface area contributed by atoms with E-state index in [4.69, 9.17) is 0 Å². The second-order valence-electron chi connectivity index (χ2n) is 6.54. The monoisotopic (exact) mass is 359 g/mol. The third-order valence-electron chi connectivity index (χ3n) is 4.30. The van der Waals surface area contributed by atoms with Gasteiger partial charge in [-0.15, -0.1) is 0 Å². The van der Waals surface area contributed by atoms with Crippen molar-refractivity contribution in [2.75, 3.05) is 10.6 Å². The van der Waals surface area contributed by atoms with Gasteiger partial charge in [0, 0.05) is 23.8 Å².